The van der Waals surface area contributed by atoms with Gasteiger partial charge < -0.3 is 33.9 Å². The number of hydrogen-bond acceptors (Lipinski definition) is 7. The lowest BCUT2D eigenvalue weighted by molar-refractivity contribution is -0.289. The Labute approximate surface area is 177 Å². The summed E-state index contributed by atoms with van der Waals surface area (Å²) in [5, 5.41) is 12.5. The lowest BCUT2D eigenvalue weighted by atomic mass is 9.79. The Morgan fingerprint density at radius 1 is 1.20 bits per heavy atom. The molecule has 8 nitrogen and oxygen atoms in total. The summed E-state index contributed by atoms with van der Waals surface area (Å²) in [5.74, 6) is 0.424. The SMILES string of the molecule is CC(=O)NC1C(Oc2ccc(B3OC(C)(C)C(C)(C)O3)cc2)OC(CO)C2COC21. The molecule has 3 fully saturated rings. The summed E-state index contributed by atoms with van der Waals surface area (Å²) >= 11 is 0. The lowest BCUT2D eigenvalue weighted by Gasteiger charge is -2.51. The molecule has 1 amide bonds. The minimum Gasteiger partial charge on any atom is -0.463 e. The first-order valence-electron chi connectivity index (χ1n) is 10.4. The van der Waals surface area contributed by atoms with Gasteiger partial charge in [-0.2, -0.15) is 0 Å². The number of aliphatic hydroxyl groups excluding tert-OH is 1. The Morgan fingerprint density at radius 2 is 1.83 bits per heavy atom. The molecule has 3 saturated heterocycles. The van der Waals surface area contributed by atoms with Crippen LogP contribution in [0.15, 0.2) is 24.3 Å². The molecule has 0 bridgehead atoms. The average Bonchev–Trinajstić information content (AvgIpc) is 2.85. The second-order valence-electron chi connectivity index (χ2n) is 9.19. The molecule has 164 valence electrons. The highest BCUT2D eigenvalue weighted by atomic mass is 16.7. The Balaban J connectivity index is 1.47. The maximum Gasteiger partial charge on any atom is 0.494 e. The van der Waals surface area contributed by atoms with Gasteiger partial charge >= 0.3 is 7.12 Å². The number of nitrogens with one attached hydrogen (secondary N) is 1. The van der Waals surface area contributed by atoms with E-state index >= 15 is 0 Å². The molecule has 5 unspecified atom stereocenters. The van der Waals surface area contributed by atoms with Crippen LogP contribution >= 0.6 is 0 Å². The summed E-state index contributed by atoms with van der Waals surface area (Å²) in [7, 11) is -0.454. The lowest BCUT2D eigenvalue weighted by Crippen LogP contribution is -2.69. The van der Waals surface area contributed by atoms with E-state index in [2.05, 4.69) is 5.32 Å². The number of amides is 1. The normalized spacial score (nSPS) is 34.1. The minimum absolute atomic E-state index is 0.0393. The molecule has 30 heavy (non-hydrogen) atoms. The van der Waals surface area contributed by atoms with Crippen molar-refractivity contribution in [2.24, 2.45) is 5.92 Å². The highest BCUT2D eigenvalue weighted by Crippen LogP contribution is 2.37. The van der Waals surface area contributed by atoms with Gasteiger partial charge in [0.1, 0.15) is 11.8 Å². The summed E-state index contributed by atoms with van der Waals surface area (Å²) in [6, 6.07) is 6.96. The quantitative estimate of drug-likeness (QED) is 0.675. The minimum atomic E-state index is -0.768. The van der Waals surface area contributed by atoms with Crippen molar-refractivity contribution in [3.05, 3.63) is 24.3 Å². The Bertz CT molecular complexity index is 768. The van der Waals surface area contributed by atoms with Crippen molar-refractivity contribution < 1.29 is 33.4 Å². The molecule has 0 aliphatic carbocycles. The summed E-state index contributed by atoms with van der Waals surface area (Å²) in [5.41, 5.74) is 0.0690. The number of aliphatic hydroxyl groups is 1. The maximum atomic E-state index is 11.7. The molecule has 0 saturated carbocycles. The van der Waals surface area contributed by atoms with Gasteiger partial charge in [0.15, 0.2) is 0 Å². The van der Waals surface area contributed by atoms with E-state index in [1.807, 2.05) is 52.0 Å². The van der Waals surface area contributed by atoms with Gasteiger partial charge in [-0.15, -0.1) is 0 Å². The van der Waals surface area contributed by atoms with Crippen LogP contribution in [0.4, 0.5) is 0 Å². The fourth-order valence-electron chi connectivity index (χ4n) is 4.00. The van der Waals surface area contributed by atoms with Crippen molar-refractivity contribution in [1.29, 1.82) is 0 Å². The fraction of sp³-hybridized carbons (Fsp3) is 0.667. The van der Waals surface area contributed by atoms with Gasteiger partial charge in [-0.05, 0) is 45.3 Å². The highest BCUT2D eigenvalue weighted by molar-refractivity contribution is 6.62. The molecule has 0 spiro atoms. The summed E-state index contributed by atoms with van der Waals surface area (Å²) in [4.78, 5) is 11.7. The Hall–Kier alpha value is -1.65. The van der Waals surface area contributed by atoms with Gasteiger partial charge in [-0.3, -0.25) is 4.79 Å². The number of ether oxygens (including phenoxy) is 3. The molecule has 4 rings (SSSR count). The zero-order valence-electron chi connectivity index (χ0n) is 18.1. The van der Waals surface area contributed by atoms with E-state index in [1.54, 1.807) is 0 Å². The number of fused-ring (bicyclic) bond motifs is 1. The summed E-state index contributed by atoms with van der Waals surface area (Å²) in [6.45, 7) is 9.88. The van der Waals surface area contributed by atoms with Gasteiger partial charge in [0.2, 0.25) is 12.2 Å². The van der Waals surface area contributed by atoms with E-state index in [1.165, 1.54) is 6.92 Å². The molecule has 3 aliphatic rings. The zero-order valence-corrected chi connectivity index (χ0v) is 18.1. The van der Waals surface area contributed by atoms with Crippen molar-refractivity contribution in [3.63, 3.8) is 0 Å². The van der Waals surface area contributed by atoms with Crippen LogP contribution in [0, 0.1) is 5.92 Å². The predicted octanol–water partition coefficient (Wildman–Crippen LogP) is 0.602. The monoisotopic (exact) mass is 419 g/mol. The van der Waals surface area contributed by atoms with Gasteiger partial charge in [0, 0.05) is 12.8 Å². The molecule has 5 atom stereocenters. The van der Waals surface area contributed by atoms with Crippen LogP contribution in [0.2, 0.25) is 0 Å². The molecular weight excluding hydrogens is 389 g/mol. The van der Waals surface area contributed by atoms with Crippen molar-refractivity contribution in [2.75, 3.05) is 13.2 Å². The van der Waals surface area contributed by atoms with Crippen LogP contribution in [0.25, 0.3) is 0 Å². The number of carbonyl (C=O) groups excluding carboxylic acids is 1. The topological polar surface area (TPSA) is 95.5 Å². The van der Waals surface area contributed by atoms with Gasteiger partial charge in [-0.1, -0.05) is 12.1 Å². The van der Waals surface area contributed by atoms with Crippen molar-refractivity contribution in [2.45, 2.75) is 70.4 Å². The fourth-order valence-corrected chi connectivity index (χ4v) is 4.00. The van der Waals surface area contributed by atoms with Gasteiger partial charge in [0.05, 0.1) is 36.6 Å². The zero-order chi connectivity index (χ0) is 21.7. The van der Waals surface area contributed by atoms with Gasteiger partial charge in [-0.25, -0.2) is 0 Å². The maximum absolute atomic E-state index is 11.7. The largest absolute Gasteiger partial charge is 0.494 e. The Morgan fingerprint density at radius 3 is 2.33 bits per heavy atom. The van der Waals surface area contributed by atoms with Crippen molar-refractivity contribution in [3.8, 4) is 5.75 Å². The van der Waals surface area contributed by atoms with E-state index in [0.717, 1.165) is 5.46 Å². The number of hydrogen-bond donors (Lipinski definition) is 2. The van der Waals surface area contributed by atoms with E-state index in [0.29, 0.717) is 12.4 Å². The van der Waals surface area contributed by atoms with Crippen LogP contribution in [-0.4, -0.2) is 67.1 Å². The second kappa shape index (κ2) is 7.80. The molecule has 0 radical (unpaired) electrons. The highest BCUT2D eigenvalue weighted by Gasteiger charge is 2.53. The molecule has 2 N–H and O–H groups in total. The smallest absolute Gasteiger partial charge is 0.463 e. The third-order valence-corrected chi connectivity index (χ3v) is 6.54. The standard InChI is InChI=1S/C21H30BNO7/c1-12(25)23-17-18-15(11-26-18)16(10-24)28-19(17)27-14-8-6-13(7-9-14)22-29-20(2,3)21(4,5)30-22/h6-9,15-19,24H,10-11H2,1-5H3,(H,23,25). The van der Waals surface area contributed by atoms with E-state index < -0.39 is 30.7 Å². The van der Waals surface area contributed by atoms with Crippen LogP contribution in [0.5, 0.6) is 5.75 Å². The van der Waals surface area contributed by atoms with Crippen molar-refractivity contribution in [1.82, 2.24) is 5.32 Å². The number of benzene rings is 1. The molecule has 3 heterocycles. The first kappa shape index (κ1) is 21.6. The average molecular weight is 419 g/mol. The van der Waals surface area contributed by atoms with Gasteiger partial charge in [0.25, 0.3) is 0 Å². The Kier molecular flexibility index (Phi) is 5.61. The molecule has 3 aliphatic heterocycles. The van der Waals surface area contributed by atoms with E-state index in [9.17, 15) is 9.90 Å². The predicted molar refractivity (Wildman–Crippen MR) is 109 cm³/mol. The molecule has 0 aromatic heterocycles. The van der Waals surface area contributed by atoms with Crippen LogP contribution in [0.3, 0.4) is 0 Å². The third-order valence-electron chi connectivity index (χ3n) is 6.54. The van der Waals surface area contributed by atoms with Crippen LogP contribution in [-0.2, 0) is 23.6 Å². The second-order valence-corrected chi connectivity index (χ2v) is 9.19. The molecule has 9 heteroatoms. The summed E-state index contributed by atoms with van der Waals surface area (Å²) < 4.78 is 29.8. The first-order chi connectivity index (χ1) is 14.1. The molecule has 1 aromatic carbocycles. The number of rotatable bonds is 5. The molecule has 1 aromatic rings. The van der Waals surface area contributed by atoms with E-state index in [-0.39, 0.29) is 30.6 Å². The first-order valence-corrected chi connectivity index (χ1v) is 10.4. The van der Waals surface area contributed by atoms with E-state index in [4.69, 9.17) is 23.5 Å². The van der Waals surface area contributed by atoms with Crippen LogP contribution in [0.1, 0.15) is 34.6 Å². The van der Waals surface area contributed by atoms with Crippen LogP contribution < -0.4 is 15.5 Å². The third kappa shape index (κ3) is 3.85. The molecular formula is C21H30BNO7. The van der Waals surface area contributed by atoms with Crippen molar-refractivity contribution >= 4 is 18.5 Å². The summed E-state index contributed by atoms with van der Waals surface area (Å²) in [6.07, 6.45) is -1.40. The number of carbonyl (C=O) groups is 1.